The molecule has 1 aliphatic rings. The number of nitrogens with zero attached hydrogens (tertiary/aromatic N) is 2. The molecule has 0 aromatic heterocycles. The highest BCUT2D eigenvalue weighted by atomic mass is 32.2. The molecule has 134 valence electrons. The van der Waals surface area contributed by atoms with E-state index in [2.05, 4.69) is 5.10 Å². The molecule has 10 heteroatoms. The van der Waals surface area contributed by atoms with E-state index in [1.54, 1.807) is 36.4 Å². The third-order valence-corrected chi connectivity index (χ3v) is 4.73. The highest BCUT2D eigenvalue weighted by Crippen LogP contribution is 2.29. The van der Waals surface area contributed by atoms with Crippen molar-refractivity contribution in [1.29, 1.82) is 0 Å². The van der Waals surface area contributed by atoms with Gasteiger partial charge in [0, 0.05) is 5.56 Å². The van der Waals surface area contributed by atoms with Gasteiger partial charge in [-0.1, -0.05) is 36.4 Å². The summed E-state index contributed by atoms with van der Waals surface area (Å²) in [5.74, 6) is -3.31. The van der Waals surface area contributed by atoms with Gasteiger partial charge < -0.3 is 15.0 Å². The molecular weight excluding hydrogens is 362 g/mol. The van der Waals surface area contributed by atoms with E-state index < -0.39 is 32.7 Å². The van der Waals surface area contributed by atoms with Gasteiger partial charge in [0.25, 0.3) is 10.8 Å². The van der Waals surface area contributed by atoms with Crippen molar-refractivity contribution in [2.24, 2.45) is 5.10 Å². The largest absolute Gasteiger partial charge is 0.745 e. The lowest BCUT2D eigenvalue weighted by atomic mass is 10.2. The van der Waals surface area contributed by atoms with Crippen molar-refractivity contribution in [3.8, 4) is 0 Å². The molecule has 26 heavy (non-hydrogen) atoms. The molecule has 0 aliphatic carbocycles. The van der Waals surface area contributed by atoms with Crippen molar-refractivity contribution in [3.63, 3.8) is 0 Å². The molecule has 2 aromatic rings. The second-order valence-electron chi connectivity index (χ2n) is 5.32. The van der Waals surface area contributed by atoms with E-state index >= 15 is 0 Å². The van der Waals surface area contributed by atoms with Crippen molar-refractivity contribution in [2.45, 2.75) is 4.93 Å². The van der Waals surface area contributed by atoms with Crippen LogP contribution >= 0.6 is 0 Å². The Hall–Kier alpha value is -3.08. The van der Waals surface area contributed by atoms with Gasteiger partial charge in [-0.05, 0) is 24.3 Å². The van der Waals surface area contributed by atoms with Crippen LogP contribution in [0.15, 0.2) is 65.8 Å². The average Bonchev–Trinajstić information content (AvgIpc) is 2.89. The minimum absolute atomic E-state index is 0.114. The maximum absolute atomic E-state index is 12.4. The number of hydrazone groups is 1. The van der Waals surface area contributed by atoms with Crippen molar-refractivity contribution in [1.82, 2.24) is 5.32 Å². The summed E-state index contributed by atoms with van der Waals surface area (Å²) in [6, 6.07) is 15.2. The lowest BCUT2D eigenvalue weighted by Gasteiger charge is -2.25. The Labute approximate surface area is 148 Å². The molecule has 9 nitrogen and oxygen atoms in total. The fourth-order valence-corrected chi connectivity index (χ4v) is 2.94. The van der Waals surface area contributed by atoms with Gasteiger partial charge in [-0.3, -0.25) is 9.59 Å². The van der Waals surface area contributed by atoms with E-state index in [4.69, 9.17) is 0 Å². The molecule has 0 saturated heterocycles. The van der Waals surface area contributed by atoms with Gasteiger partial charge >= 0.3 is 5.91 Å². The summed E-state index contributed by atoms with van der Waals surface area (Å²) in [6.45, 7) is 0. The van der Waals surface area contributed by atoms with E-state index in [0.717, 1.165) is 0 Å². The third kappa shape index (κ3) is 2.86. The van der Waals surface area contributed by atoms with Gasteiger partial charge in [-0.15, -0.1) is 5.10 Å². The Morgan fingerprint density at radius 1 is 1.08 bits per heavy atom. The molecule has 0 fully saturated rings. The van der Waals surface area contributed by atoms with Crippen LogP contribution in [-0.2, 0) is 14.9 Å². The number of carbonyl (C=O) groups is 2. The third-order valence-electron chi connectivity index (χ3n) is 3.63. The van der Waals surface area contributed by atoms with Gasteiger partial charge in [0.2, 0.25) is 0 Å². The average molecular weight is 374 g/mol. The number of amides is 2. The summed E-state index contributed by atoms with van der Waals surface area (Å²) in [6.07, 6.45) is 0. The Balaban J connectivity index is 2.04. The zero-order valence-corrected chi connectivity index (χ0v) is 13.9. The molecule has 2 aromatic carbocycles. The molecule has 0 radical (unpaired) electrons. The zero-order valence-electron chi connectivity index (χ0n) is 13.1. The number of hydrogen-bond donors (Lipinski definition) is 2. The van der Waals surface area contributed by atoms with Crippen LogP contribution in [0.25, 0.3) is 0 Å². The lowest BCUT2D eigenvalue weighted by Crippen LogP contribution is -2.57. The number of amidine groups is 1. The summed E-state index contributed by atoms with van der Waals surface area (Å²) in [7, 11) is -5.60. The molecule has 1 atom stereocenters. The number of aliphatic hydroxyl groups is 1. The molecule has 2 amide bonds. The molecule has 3 rings (SSSR count). The zero-order chi connectivity index (χ0) is 18.9. The van der Waals surface area contributed by atoms with E-state index in [1.807, 2.05) is 5.32 Å². The summed E-state index contributed by atoms with van der Waals surface area (Å²) in [5.41, 5.74) is 0.231. The SMILES string of the molecule is O=C(NC1=NN(c2ccccc2)C(=O)[C@]1(O)S(=O)(=O)[O-])c1ccccc1. The fraction of sp³-hybridized carbons (Fsp3) is 0.0625. The Bertz CT molecular complexity index is 991. The van der Waals surface area contributed by atoms with Crippen LogP contribution in [0.2, 0.25) is 0 Å². The number of carbonyl (C=O) groups excluding carboxylic acids is 2. The first-order chi connectivity index (χ1) is 12.2. The molecule has 0 spiro atoms. The highest BCUT2D eigenvalue weighted by Gasteiger charge is 2.57. The van der Waals surface area contributed by atoms with Gasteiger partial charge in [0.1, 0.15) is 10.1 Å². The monoisotopic (exact) mass is 374 g/mol. The number of benzene rings is 2. The van der Waals surface area contributed by atoms with Crippen molar-refractivity contribution in [3.05, 3.63) is 66.2 Å². The fourth-order valence-electron chi connectivity index (χ4n) is 2.31. The van der Waals surface area contributed by atoms with Gasteiger partial charge in [-0.25, -0.2) is 8.42 Å². The van der Waals surface area contributed by atoms with Crippen LogP contribution in [0.3, 0.4) is 0 Å². The van der Waals surface area contributed by atoms with E-state index in [9.17, 15) is 27.7 Å². The first-order valence-corrected chi connectivity index (χ1v) is 8.69. The van der Waals surface area contributed by atoms with E-state index in [-0.39, 0.29) is 11.3 Å². The van der Waals surface area contributed by atoms with Gasteiger partial charge in [0.15, 0.2) is 5.84 Å². The van der Waals surface area contributed by atoms with Crippen LogP contribution in [0.4, 0.5) is 5.69 Å². The van der Waals surface area contributed by atoms with Crippen molar-refractivity contribution < 1.29 is 27.7 Å². The van der Waals surface area contributed by atoms with Crippen LogP contribution in [0.1, 0.15) is 10.4 Å². The number of anilines is 1. The summed E-state index contributed by atoms with van der Waals surface area (Å²) in [4.78, 5) is 21.1. The van der Waals surface area contributed by atoms with Crippen LogP contribution < -0.4 is 10.3 Å². The minimum Gasteiger partial charge on any atom is -0.745 e. The Morgan fingerprint density at radius 2 is 1.62 bits per heavy atom. The number of rotatable bonds is 3. The Kier molecular flexibility index (Phi) is 4.32. The van der Waals surface area contributed by atoms with Crippen LogP contribution in [0.5, 0.6) is 0 Å². The van der Waals surface area contributed by atoms with E-state index in [1.165, 1.54) is 24.3 Å². The summed E-state index contributed by atoms with van der Waals surface area (Å²) in [5, 5.41) is 16.6. The highest BCUT2D eigenvalue weighted by molar-refractivity contribution is 7.88. The first kappa shape index (κ1) is 17.7. The number of nitrogens with one attached hydrogen (secondary N) is 1. The summed E-state index contributed by atoms with van der Waals surface area (Å²) >= 11 is 0. The second kappa shape index (κ2) is 6.33. The molecular formula is C16H12N3O6S-. The molecule has 0 bridgehead atoms. The topological polar surface area (TPSA) is 139 Å². The van der Waals surface area contributed by atoms with E-state index in [0.29, 0.717) is 5.01 Å². The number of hydrogen-bond acceptors (Lipinski definition) is 7. The number of para-hydroxylation sites is 1. The molecule has 2 N–H and O–H groups in total. The lowest BCUT2D eigenvalue weighted by molar-refractivity contribution is -0.125. The first-order valence-electron chi connectivity index (χ1n) is 7.28. The molecule has 1 heterocycles. The predicted molar refractivity (Wildman–Crippen MR) is 89.9 cm³/mol. The standard InChI is InChI=1S/C16H13N3O6S/c20-13(11-7-3-1-4-8-11)17-14-16(22,26(23,24)25)15(21)19(18-14)12-9-5-2-6-10-12/h1-10,22H,(H,17,18,20)(H,23,24,25)/p-1/t16-/m1/s1. The summed E-state index contributed by atoms with van der Waals surface area (Å²) < 4.78 is 34.8. The minimum atomic E-state index is -5.60. The van der Waals surface area contributed by atoms with Crippen LogP contribution in [0, 0.1) is 0 Å². The quantitative estimate of drug-likeness (QED) is 0.726. The maximum Gasteiger partial charge on any atom is 0.302 e. The Morgan fingerprint density at radius 3 is 2.15 bits per heavy atom. The molecule has 0 unspecified atom stereocenters. The maximum atomic E-state index is 12.4. The van der Waals surface area contributed by atoms with Crippen molar-refractivity contribution in [2.75, 3.05) is 5.01 Å². The predicted octanol–water partition coefficient (Wildman–Crippen LogP) is 0.0105. The van der Waals surface area contributed by atoms with Crippen molar-refractivity contribution >= 4 is 33.5 Å². The second-order valence-corrected chi connectivity index (χ2v) is 6.82. The van der Waals surface area contributed by atoms with Gasteiger partial charge in [-0.2, -0.15) is 5.01 Å². The molecule has 0 saturated carbocycles. The van der Waals surface area contributed by atoms with Gasteiger partial charge in [0.05, 0.1) is 5.69 Å². The molecule has 1 aliphatic heterocycles. The van der Waals surface area contributed by atoms with Crippen LogP contribution in [-0.4, -0.2) is 40.7 Å². The normalized spacial score (nSPS) is 20.0. The smallest absolute Gasteiger partial charge is 0.302 e.